The molecule has 0 fully saturated rings. The third-order valence-corrected chi connectivity index (χ3v) is 3.03. The van der Waals surface area contributed by atoms with Crippen molar-refractivity contribution in [2.45, 2.75) is 12.8 Å². The maximum absolute atomic E-state index is 11.5. The van der Waals surface area contributed by atoms with Crippen LogP contribution in [0.4, 0.5) is 5.69 Å². The van der Waals surface area contributed by atoms with Crippen molar-refractivity contribution in [3.8, 4) is 0 Å². The average molecular weight is 272 g/mol. The van der Waals surface area contributed by atoms with Gasteiger partial charge >= 0.3 is 0 Å². The van der Waals surface area contributed by atoms with Gasteiger partial charge in [0.2, 0.25) is 5.91 Å². The van der Waals surface area contributed by atoms with E-state index >= 15 is 0 Å². The largest absolute Gasteiger partial charge is 0.330 e. The molecule has 1 aromatic heterocycles. The van der Waals surface area contributed by atoms with Crippen LogP contribution in [0.2, 0.25) is 0 Å². The standard InChI is InChI=1S/C11H13N3OS.ClH/c12-5-1-2-11(15)14-8-3-4-10-9(6-8)13-7-16-10;/h3-4,6-7H,1-2,5,12H2,(H,14,15);1H. The van der Waals surface area contributed by atoms with Crippen LogP contribution < -0.4 is 11.1 Å². The zero-order valence-electron chi connectivity index (χ0n) is 9.18. The number of fused-ring (bicyclic) bond motifs is 1. The number of nitrogens with zero attached hydrogens (tertiary/aromatic N) is 1. The average Bonchev–Trinajstić information content (AvgIpc) is 2.73. The van der Waals surface area contributed by atoms with Crippen LogP contribution in [0.25, 0.3) is 10.2 Å². The number of hydrogen-bond acceptors (Lipinski definition) is 4. The van der Waals surface area contributed by atoms with E-state index in [1.165, 1.54) is 0 Å². The number of nitrogens with one attached hydrogen (secondary N) is 1. The SMILES string of the molecule is Cl.NCCCC(=O)Nc1ccc2scnc2c1. The molecule has 92 valence electrons. The lowest BCUT2D eigenvalue weighted by Gasteiger charge is -2.04. The van der Waals surface area contributed by atoms with Crippen LogP contribution in [-0.2, 0) is 4.79 Å². The van der Waals surface area contributed by atoms with Crippen molar-refractivity contribution in [3.05, 3.63) is 23.7 Å². The van der Waals surface area contributed by atoms with Crippen molar-refractivity contribution in [2.75, 3.05) is 11.9 Å². The van der Waals surface area contributed by atoms with Gasteiger partial charge < -0.3 is 11.1 Å². The lowest BCUT2D eigenvalue weighted by molar-refractivity contribution is -0.116. The Balaban J connectivity index is 0.00000144. The van der Waals surface area contributed by atoms with Crippen LogP contribution in [0.3, 0.4) is 0 Å². The summed E-state index contributed by atoms with van der Waals surface area (Å²) in [6.45, 7) is 0.540. The summed E-state index contributed by atoms with van der Waals surface area (Å²) in [6, 6.07) is 5.73. The number of carbonyl (C=O) groups is 1. The molecule has 0 spiro atoms. The number of anilines is 1. The monoisotopic (exact) mass is 271 g/mol. The second-order valence-corrected chi connectivity index (χ2v) is 4.36. The van der Waals surface area contributed by atoms with Crippen LogP contribution in [-0.4, -0.2) is 17.4 Å². The third kappa shape index (κ3) is 3.66. The van der Waals surface area contributed by atoms with Crippen LogP contribution in [0, 0.1) is 0 Å². The minimum Gasteiger partial charge on any atom is -0.330 e. The first-order chi connectivity index (χ1) is 7.79. The van der Waals surface area contributed by atoms with Gasteiger partial charge in [0.1, 0.15) is 0 Å². The number of amides is 1. The quantitative estimate of drug-likeness (QED) is 0.897. The van der Waals surface area contributed by atoms with E-state index in [4.69, 9.17) is 5.73 Å². The summed E-state index contributed by atoms with van der Waals surface area (Å²) < 4.78 is 1.12. The third-order valence-electron chi connectivity index (χ3n) is 2.22. The van der Waals surface area contributed by atoms with E-state index in [9.17, 15) is 4.79 Å². The normalized spacial score (nSPS) is 9.94. The summed E-state index contributed by atoms with van der Waals surface area (Å²) in [5.74, 6) is 0.0000274. The van der Waals surface area contributed by atoms with Gasteiger partial charge in [0.25, 0.3) is 0 Å². The fourth-order valence-electron chi connectivity index (χ4n) is 1.42. The van der Waals surface area contributed by atoms with Crippen LogP contribution in [0.5, 0.6) is 0 Å². The summed E-state index contributed by atoms with van der Waals surface area (Å²) in [5, 5.41) is 2.83. The van der Waals surface area contributed by atoms with Crippen molar-refractivity contribution in [3.63, 3.8) is 0 Å². The first kappa shape index (κ1) is 13.9. The van der Waals surface area contributed by atoms with E-state index < -0.39 is 0 Å². The minimum absolute atomic E-state index is 0. The molecule has 0 saturated heterocycles. The summed E-state index contributed by atoms with van der Waals surface area (Å²) in [7, 11) is 0. The highest BCUT2D eigenvalue weighted by molar-refractivity contribution is 7.16. The van der Waals surface area contributed by atoms with Crippen molar-refractivity contribution >= 4 is 45.6 Å². The number of hydrogen-bond donors (Lipinski definition) is 2. The molecule has 0 aliphatic rings. The van der Waals surface area contributed by atoms with Gasteiger partial charge in [-0.25, -0.2) is 4.98 Å². The number of nitrogens with two attached hydrogens (primary N) is 1. The van der Waals surface area contributed by atoms with E-state index in [0.29, 0.717) is 19.4 Å². The fourth-order valence-corrected chi connectivity index (χ4v) is 2.08. The van der Waals surface area contributed by atoms with Crippen molar-refractivity contribution in [2.24, 2.45) is 5.73 Å². The lowest BCUT2D eigenvalue weighted by atomic mass is 10.2. The molecule has 17 heavy (non-hydrogen) atoms. The number of thiazole rings is 1. The maximum atomic E-state index is 11.5. The minimum atomic E-state index is 0. The molecule has 0 aliphatic carbocycles. The zero-order valence-corrected chi connectivity index (χ0v) is 10.8. The highest BCUT2D eigenvalue weighted by Gasteiger charge is 2.03. The molecule has 0 aliphatic heterocycles. The van der Waals surface area contributed by atoms with E-state index in [2.05, 4.69) is 10.3 Å². The Kier molecular flexibility index (Phi) is 5.34. The van der Waals surface area contributed by atoms with Crippen LogP contribution >= 0.6 is 23.7 Å². The second-order valence-electron chi connectivity index (χ2n) is 3.48. The molecule has 0 radical (unpaired) electrons. The van der Waals surface area contributed by atoms with E-state index in [-0.39, 0.29) is 18.3 Å². The molecular weight excluding hydrogens is 258 g/mol. The number of halogens is 1. The predicted octanol–water partition coefficient (Wildman–Crippen LogP) is 2.40. The molecule has 4 nitrogen and oxygen atoms in total. The Bertz CT molecular complexity index is 500. The molecule has 0 bridgehead atoms. The molecule has 0 saturated carbocycles. The number of rotatable bonds is 4. The molecule has 2 rings (SSSR count). The Hall–Kier alpha value is -1.17. The van der Waals surface area contributed by atoms with Gasteiger partial charge in [-0.05, 0) is 31.2 Å². The highest BCUT2D eigenvalue weighted by atomic mass is 35.5. The highest BCUT2D eigenvalue weighted by Crippen LogP contribution is 2.21. The predicted molar refractivity (Wildman–Crippen MR) is 73.8 cm³/mol. The van der Waals surface area contributed by atoms with Gasteiger partial charge in [-0.3, -0.25) is 4.79 Å². The zero-order chi connectivity index (χ0) is 11.4. The Morgan fingerprint density at radius 3 is 3.06 bits per heavy atom. The van der Waals surface area contributed by atoms with Crippen LogP contribution in [0.1, 0.15) is 12.8 Å². The molecule has 2 aromatic rings. The molecule has 1 aromatic carbocycles. The summed E-state index contributed by atoms with van der Waals surface area (Å²) >= 11 is 1.59. The van der Waals surface area contributed by atoms with E-state index in [1.54, 1.807) is 16.8 Å². The molecular formula is C11H14ClN3OS. The number of aromatic nitrogens is 1. The van der Waals surface area contributed by atoms with Crippen molar-refractivity contribution in [1.29, 1.82) is 0 Å². The van der Waals surface area contributed by atoms with Crippen molar-refractivity contribution < 1.29 is 4.79 Å². The van der Waals surface area contributed by atoms with Gasteiger partial charge in [0, 0.05) is 12.1 Å². The summed E-state index contributed by atoms with van der Waals surface area (Å²) in [6.07, 6.45) is 1.18. The smallest absolute Gasteiger partial charge is 0.224 e. The van der Waals surface area contributed by atoms with Crippen LogP contribution in [0.15, 0.2) is 23.7 Å². The summed E-state index contributed by atoms with van der Waals surface area (Å²) in [5.41, 5.74) is 8.85. The second kappa shape index (κ2) is 6.54. The van der Waals surface area contributed by atoms with E-state index in [0.717, 1.165) is 15.9 Å². The molecule has 1 heterocycles. The molecule has 0 unspecified atom stereocenters. The van der Waals surface area contributed by atoms with E-state index in [1.807, 2.05) is 18.2 Å². The molecule has 6 heteroatoms. The Labute approximate surface area is 110 Å². The fraction of sp³-hybridized carbons (Fsp3) is 0.273. The van der Waals surface area contributed by atoms with Gasteiger partial charge in [0.15, 0.2) is 0 Å². The Morgan fingerprint density at radius 2 is 2.29 bits per heavy atom. The molecule has 1 amide bonds. The molecule has 3 N–H and O–H groups in total. The lowest BCUT2D eigenvalue weighted by Crippen LogP contribution is -2.13. The Morgan fingerprint density at radius 1 is 1.47 bits per heavy atom. The van der Waals surface area contributed by atoms with Gasteiger partial charge in [-0.1, -0.05) is 0 Å². The van der Waals surface area contributed by atoms with Gasteiger partial charge in [-0.2, -0.15) is 0 Å². The summed E-state index contributed by atoms with van der Waals surface area (Å²) in [4.78, 5) is 15.7. The van der Waals surface area contributed by atoms with Crippen molar-refractivity contribution in [1.82, 2.24) is 4.98 Å². The number of benzene rings is 1. The van der Waals surface area contributed by atoms with Gasteiger partial charge in [0.05, 0.1) is 15.7 Å². The first-order valence-electron chi connectivity index (χ1n) is 5.13. The number of carbonyl (C=O) groups excluding carboxylic acids is 1. The van der Waals surface area contributed by atoms with Gasteiger partial charge in [-0.15, -0.1) is 23.7 Å². The first-order valence-corrected chi connectivity index (χ1v) is 6.01. The molecule has 0 atom stereocenters. The topological polar surface area (TPSA) is 68.0 Å². The maximum Gasteiger partial charge on any atom is 0.224 e.